The average Bonchev–Trinajstić information content (AvgIpc) is 3.13. The molecule has 0 heterocycles. The first-order valence-electron chi connectivity index (χ1n) is 6.21. The Morgan fingerprint density at radius 1 is 1.39 bits per heavy atom. The fraction of sp³-hybridized carbons (Fsp3) is 0.400. The largest absolute Gasteiger partial charge is 0.461 e. The highest BCUT2D eigenvalue weighted by Crippen LogP contribution is 2.36. The van der Waals surface area contributed by atoms with Crippen LogP contribution in [0.3, 0.4) is 0 Å². The third-order valence-electron chi connectivity index (χ3n) is 2.96. The Bertz CT molecular complexity index is 399. The first-order valence-corrected chi connectivity index (χ1v) is 6.21. The molecule has 3 heteroatoms. The van der Waals surface area contributed by atoms with Crippen molar-refractivity contribution in [1.82, 2.24) is 0 Å². The number of esters is 1. The molecule has 2 rings (SSSR count). The van der Waals surface area contributed by atoms with Gasteiger partial charge < -0.3 is 9.47 Å². The Kier molecular flexibility index (Phi) is 4.53. The summed E-state index contributed by atoms with van der Waals surface area (Å²) in [6.07, 6.45) is 3.35. The summed E-state index contributed by atoms with van der Waals surface area (Å²) in [5.74, 6) is 0.182. The average molecular weight is 246 g/mol. The first-order chi connectivity index (χ1) is 8.79. The number of rotatable bonds is 7. The van der Waals surface area contributed by atoms with E-state index in [4.69, 9.17) is 9.47 Å². The standard InChI is InChI=1S/C15H18O3/c1-2-8-17-14-9-13(14)10-15(16)18-11-12-6-4-3-5-7-12/h2-7,13-14H,1,8-11H2/t13-,14-/m1/s1. The number of carbonyl (C=O) groups excluding carboxylic acids is 1. The SMILES string of the molecule is C=CCO[C@@H]1C[C@@H]1CC(=O)OCc1ccccc1. The second kappa shape index (κ2) is 6.36. The van der Waals surface area contributed by atoms with Crippen LogP contribution < -0.4 is 0 Å². The van der Waals surface area contributed by atoms with Crippen LogP contribution in [0.25, 0.3) is 0 Å². The molecule has 0 radical (unpaired) electrons. The van der Waals surface area contributed by atoms with Gasteiger partial charge in [-0.1, -0.05) is 36.4 Å². The molecule has 1 aliphatic carbocycles. The van der Waals surface area contributed by atoms with Crippen molar-refractivity contribution in [3.63, 3.8) is 0 Å². The van der Waals surface area contributed by atoms with Gasteiger partial charge in [0, 0.05) is 0 Å². The molecule has 0 amide bonds. The van der Waals surface area contributed by atoms with Crippen LogP contribution in [0, 0.1) is 5.92 Å². The zero-order valence-electron chi connectivity index (χ0n) is 10.4. The summed E-state index contributed by atoms with van der Waals surface area (Å²) in [4.78, 5) is 11.6. The van der Waals surface area contributed by atoms with E-state index < -0.39 is 0 Å². The van der Waals surface area contributed by atoms with Crippen molar-refractivity contribution in [2.24, 2.45) is 5.92 Å². The van der Waals surface area contributed by atoms with Crippen molar-refractivity contribution in [3.05, 3.63) is 48.6 Å². The fourth-order valence-corrected chi connectivity index (χ4v) is 1.84. The van der Waals surface area contributed by atoms with Crippen molar-refractivity contribution in [2.75, 3.05) is 6.61 Å². The summed E-state index contributed by atoms with van der Waals surface area (Å²) in [7, 11) is 0. The third-order valence-corrected chi connectivity index (χ3v) is 2.96. The molecule has 0 bridgehead atoms. The Hall–Kier alpha value is -1.61. The lowest BCUT2D eigenvalue weighted by atomic mass is 10.2. The molecule has 96 valence electrons. The van der Waals surface area contributed by atoms with Gasteiger partial charge in [-0.3, -0.25) is 4.79 Å². The normalized spacial score (nSPS) is 21.3. The van der Waals surface area contributed by atoms with Crippen LogP contribution in [-0.2, 0) is 20.9 Å². The predicted octanol–water partition coefficient (Wildman–Crippen LogP) is 2.71. The molecule has 1 aliphatic rings. The van der Waals surface area contributed by atoms with Crippen molar-refractivity contribution in [2.45, 2.75) is 25.6 Å². The number of ether oxygens (including phenoxy) is 2. The maximum atomic E-state index is 11.6. The minimum Gasteiger partial charge on any atom is -0.461 e. The van der Waals surface area contributed by atoms with Crippen LogP contribution in [0.2, 0.25) is 0 Å². The smallest absolute Gasteiger partial charge is 0.306 e. The summed E-state index contributed by atoms with van der Waals surface area (Å²) in [5, 5.41) is 0. The fourth-order valence-electron chi connectivity index (χ4n) is 1.84. The molecule has 0 spiro atoms. The number of carbonyl (C=O) groups is 1. The molecule has 2 atom stereocenters. The molecule has 1 aromatic carbocycles. The zero-order chi connectivity index (χ0) is 12.8. The van der Waals surface area contributed by atoms with Gasteiger partial charge in [0.25, 0.3) is 0 Å². The van der Waals surface area contributed by atoms with E-state index in [1.807, 2.05) is 30.3 Å². The summed E-state index contributed by atoms with van der Waals surface area (Å²) in [6.45, 7) is 4.50. The highest BCUT2D eigenvalue weighted by molar-refractivity contribution is 5.70. The van der Waals surface area contributed by atoms with Crippen LogP contribution >= 0.6 is 0 Å². The maximum Gasteiger partial charge on any atom is 0.306 e. The second-order valence-electron chi connectivity index (χ2n) is 4.51. The molecular formula is C15H18O3. The van der Waals surface area contributed by atoms with Gasteiger partial charge >= 0.3 is 5.97 Å². The van der Waals surface area contributed by atoms with Gasteiger partial charge in [0.2, 0.25) is 0 Å². The van der Waals surface area contributed by atoms with E-state index in [0.717, 1.165) is 12.0 Å². The molecule has 1 aromatic rings. The van der Waals surface area contributed by atoms with Crippen molar-refractivity contribution >= 4 is 5.97 Å². The maximum absolute atomic E-state index is 11.6. The minimum absolute atomic E-state index is 0.145. The Morgan fingerprint density at radius 2 is 2.17 bits per heavy atom. The van der Waals surface area contributed by atoms with Gasteiger partial charge in [0.1, 0.15) is 6.61 Å². The third kappa shape index (κ3) is 4.00. The van der Waals surface area contributed by atoms with E-state index in [2.05, 4.69) is 6.58 Å². The van der Waals surface area contributed by atoms with Gasteiger partial charge in [-0.05, 0) is 17.9 Å². The summed E-state index contributed by atoms with van der Waals surface area (Å²) < 4.78 is 10.7. The molecule has 1 fully saturated rings. The molecular weight excluding hydrogens is 228 g/mol. The molecule has 0 saturated heterocycles. The molecule has 3 nitrogen and oxygen atoms in total. The van der Waals surface area contributed by atoms with Gasteiger partial charge in [0.15, 0.2) is 0 Å². The Balaban J connectivity index is 1.63. The van der Waals surface area contributed by atoms with Gasteiger partial charge in [-0.2, -0.15) is 0 Å². The highest BCUT2D eigenvalue weighted by atomic mass is 16.5. The molecule has 0 aliphatic heterocycles. The summed E-state index contributed by atoms with van der Waals surface area (Å²) >= 11 is 0. The van der Waals surface area contributed by atoms with Crippen LogP contribution in [0.15, 0.2) is 43.0 Å². The van der Waals surface area contributed by atoms with Crippen LogP contribution in [0.5, 0.6) is 0 Å². The molecule has 0 aromatic heterocycles. The van der Waals surface area contributed by atoms with E-state index in [9.17, 15) is 4.79 Å². The Labute approximate surface area is 107 Å². The van der Waals surface area contributed by atoms with E-state index in [-0.39, 0.29) is 12.1 Å². The number of hydrogen-bond acceptors (Lipinski definition) is 3. The van der Waals surface area contributed by atoms with E-state index in [1.165, 1.54) is 0 Å². The molecule has 0 N–H and O–H groups in total. The monoisotopic (exact) mass is 246 g/mol. The van der Waals surface area contributed by atoms with Gasteiger partial charge in [0.05, 0.1) is 19.1 Å². The van der Waals surface area contributed by atoms with E-state index in [0.29, 0.717) is 25.6 Å². The second-order valence-corrected chi connectivity index (χ2v) is 4.51. The number of benzene rings is 1. The van der Waals surface area contributed by atoms with Crippen LogP contribution in [0.1, 0.15) is 18.4 Å². The lowest BCUT2D eigenvalue weighted by molar-refractivity contribution is -0.145. The molecule has 18 heavy (non-hydrogen) atoms. The van der Waals surface area contributed by atoms with Crippen molar-refractivity contribution in [3.8, 4) is 0 Å². The highest BCUT2D eigenvalue weighted by Gasteiger charge is 2.39. The topological polar surface area (TPSA) is 35.5 Å². The quantitative estimate of drug-likeness (QED) is 0.548. The van der Waals surface area contributed by atoms with Gasteiger partial charge in [-0.15, -0.1) is 6.58 Å². The predicted molar refractivity (Wildman–Crippen MR) is 68.9 cm³/mol. The van der Waals surface area contributed by atoms with Crippen LogP contribution in [0.4, 0.5) is 0 Å². The van der Waals surface area contributed by atoms with Crippen molar-refractivity contribution in [1.29, 1.82) is 0 Å². The molecule has 1 saturated carbocycles. The summed E-state index contributed by atoms with van der Waals surface area (Å²) in [6, 6.07) is 9.70. The van der Waals surface area contributed by atoms with E-state index in [1.54, 1.807) is 6.08 Å². The van der Waals surface area contributed by atoms with E-state index >= 15 is 0 Å². The molecule has 0 unspecified atom stereocenters. The zero-order valence-corrected chi connectivity index (χ0v) is 10.4. The number of hydrogen-bond donors (Lipinski definition) is 0. The van der Waals surface area contributed by atoms with Crippen LogP contribution in [-0.4, -0.2) is 18.7 Å². The lowest BCUT2D eigenvalue weighted by Gasteiger charge is -2.04. The minimum atomic E-state index is -0.145. The first kappa shape index (κ1) is 12.8. The summed E-state index contributed by atoms with van der Waals surface area (Å²) in [5.41, 5.74) is 1.01. The van der Waals surface area contributed by atoms with Crippen molar-refractivity contribution < 1.29 is 14.3 Å². The van der Waals surface area contributed by atoms with Gasteiger partial charge in [-0.25, -0.2) is 0 Å². The lowest BCUT2D eigenvalue weighted by Crippen LogP contribution is -2.07. The Morgan fingerprint density at radius 3 is 2.89 bits per heavy atom.